The van der Waals surface area contributed by atoms with Crippen LogP contribution in [0, 0.1) is 6.92 Å². The normalized spacial score (nSPS) is 12.3. The molecule has 4 nitrogen and oxygen atoms in total. The maximum absolute atomic E-state index is 5.29. The lowest BCUT2D eigenvalue weighted by atomic mass is 10.1. The zero-order chi connectivity index (χ0) is 14.4. The fourth-order valence-electron chi connectivity index (χ4n) is 1.87. The van der Waals surface area contributed by atoms with Crippen molar-refractivity contribution < 1.29 is 4.74 Å². The van der Waals surface area contributed by atoms with Crippen molar-refractivity contribution in [2.24, 2.45) is 0 Å². The van der Waals surface area contributed by atoms with E-state index >= 15 is 0 Å². The Bertz CT molecular complexity index is 545. The summed E-state index contributed by atoms with van der Waals surface area (Å²) in [4.78, 5) is 4.39. The fourth-order valence-corrected chi connectivity index (χ4v) is 3.64. The summed E-state index contributed by atoms with van der Waals surface area (Å²) >= 11 is 3.20. The largest absolute Gasteiger partial charge is 0.497 e. The molecule has 0 radical (unpaired) electrons. The van der Waals surface area contributed by atoms with Gasteiger partial charge in [-0.3, -0.25) is 0 Å². The minimum absolute atomic E-state index is 0.282. The van der Waals surface area contributed by atoms with E-state index in [1.807, 2.05) is 19.1 Å². The third-order valence-electron chi connectivity index (χ3n) is 2.83. The van der Waals surface area contributed by atoms with Crippen LogP contribution < -0.4 is 10.1 Å². The van der Waals surface area contributed by atoms with Gasteiger partial charge in [-0.25, -0.2) is 4.98 Å². The minimum atomic E-state index is 0.282. The summed E-state index contributed by atoms with van der Waals surface area (Å²) in [6.45, 7) is 4.97. The molecule has 0 aliphatic carbocycles. The summed E-state index contributed by atoms with van der Waals surface area (Å²) in [5.74, 6) is 2.66. The van der Waals surface area contributed by atoms with Crippen LogP contribution in [0.15, 0.2) is 28.6 Å². The topological polar surface area (TPSA) is 47.0 Å². The van der Waals surface area contributed by atoms with Gasteiger partial charge in [-0.05, 0) is 42.7 Å². The highest BCUT2D eigenvalue weighted by Gasteiger charge is 2.13. The number of hydrogen-bond acceptors (Lipinski definition) is 6. The Balaban J connectivity index is 2.05. The first kappa shape index (κ1) is 15.3. The average molecular weight is 309 g/mol. The molecule has 2 aromatic rings. The number of ether oxygens (including phenoxy) is 1. The Labute approximate surface area is 128 Å². The van der Waals surface area contributed by atoms with Crippen LogP contribution in [0.3, 0.4) is 0 Å². The number of aryl methyl sites for hydroxylation is 1. The summed E-state index contributed by atoms with van der Waals surface area (Å²) in [5, 5.41) is 3.51. The average Bonchev–Trinajstić information content (AvgIpc) is 2.89. The molecular weight excluding hydrogens is 290 g/mol. The van der Waals surface area contributed by atoms with Gasteiger partial charge in [0.1, 0.15) is 11.6 Å². The van der Waals surface area contributed by atoms with Gasteiger partial charge in [0, 0.05) is 11.8 Å². The summed E-state index contributed by atoms with van der Waals surface area (Å²) in [6.07, 6.45) is 0. The molecule has 20 heavy (non-hydrogen) atoms. The second-order valence-corrected chi connectivity index (χ2v) is 6.32. The van der Waals surface area contributed by atoms with E-state index in [9.17, 15) is 0 Å². The predicted molar refractivity (Wildman–Crippen MR) is 84.8 cm³/mol. The van der Waals surface area contributed by atoms with Gasteiger partial charge in [0.25, 0.3) is 0 Å². The molecule has 1 heterocycles. The highest BCUT2D eigenvalue weighted by molar-refractivity contribution is 8.00. The molecule has 0 bridgehead atoms. The lowest BCUT2D eigenvalue weighted by Gasteiger charge is -2.18. The first-order valence-electron chi connectivity index (χ1n) is 6.53. The van der Waals surface area contributed by atoms with Crippen molar-refractivity contribution in [3.8, 4) is 5.75 Å². The second-order valence-electron chi connectivity index (χ2n) is 4.31. The van der Waals surface area contributed by atoms with Gasteiger partial charge in [0.15, 0.2) is 4.34 Å². The van der Waals surface area contributed by atoms with Crippen LogP contribution in [-0.4, -0.2) is 28.8 Å². The molecule has 1 aromatic carbocycles. The second kappa shape index (κ2) is 7.61. The van der Waals surface area contributed by atoms with Crippen LogP contribution in [0.25, 0.3) is 0 Å². The lowest BCUT2D eigenvalue weighted by Crippen LogP contribution is -2.22. The summed E-state index contributed by atoms with van der Waals surface area (Å²) in [7, 11) is 1.69. The zero-order valence-electron chi connectivity index (χ0n) is 11.9. The Morgan fingerprint density at radius 3 is 2.95 bits per heavy atom. The van der Waals surface area contributed by atoms with Crippen LogP contribution in [-0.2, 0) is 0 Å². The third kappa shape index (κ3) is 4.19. The number of nitrogens with zero attached hydrogens (tertiary/aromatic N) is 2. The number of benzene rings is 1. The molecule has 1 aromatic heterocycles. The lowest BCUT2D eigenvalue weighted by molar-refractivity contribution is 0.413. The Hall–Kier alpha value is -1.11. The standard InChI is InChI=1S/C14H19N3OS2/c1-4-15-13(9-19-14-16-10(2)17-20-14)11-6-5-7-12(8-11)18-3/h5-8,13,15H,4,9H2,1-3H3. The Kier molecular flexibility index (Phi) is 5.82. The molecule has 0 amide bonds. The molecule has 0 saturated carbocycles. The van der Waals surface area contributed by atoms with Crippen molar-refractivity contribution in [3.63, 3.8) is 0 Å². The van der Waals surface area contributed by atoms with Crippen LogP contribution in [0.1, 0.15) is 24.4 Å². The molecule has 6 heteroatoms. The van der Waals surface area contributed by atoms with E-state index in [0.717, 1.165) is 28.2 Å². The van der Waals surface area contributed by atoms with E-state index in [-0.39, 0.29) is 6.04 Å². The van der Waals surface area contributed by atoms with Crippen molar-refractivity contribution in [2.75, 3.05) is 19.4 Å². The quantitative estimate of drug-likeness (QED) is 0.795. The molecular formula is C14H19N3OS2. The molecule has 0 aliphatic rings. The number of rotatable bonds is 7. The van der Waals surface area contributed by atoms with E-state index < -0.39 is 0 Å². The van der Waals surface area contributed by atoms with Crippen LogP contribution in [0.2, 0.25) is 0 Å². The number of methoxy groups -OCH3 is 1. The number of hydrogen-bond donors (Lipinski definition) is 1. The van der Waals surface area contributed by atoms with E-state index in [2.05, 4.69) is 33.7 Å². The molecule has 0 fully saturated rings. The van der Waals surface area contributed by atoms with Gasteiger partial charge in [0.2, 0.25) is 0 Å². The van der Waals surface area contributed by atoms with Gasteiger partial charge in [-0.1, -0.05) is 30.8 Å². The van der Waals surface area contributed by atoms with Crippen molar-refractivity contribution >= 4 is 23.3 Å². The van der Waals surface area contributed by atoms with Gasteiger partial charge >= 0.3 is 0 Å². The molecule has 0 aliphatic heterocycles. The Morgan fingerprint density at radius 1 is 1.45 bits per heavy atom. The summed E-state index contributed by atoms with van der Waals surface area (Å²) < 4.78 is 10.5. The highest BCUT2D eigenvalue weighted by Crippen LogP contribution is 2.27. The number of thioether (sulfide) groups is 1. The number of nitrogens with one attached hydrogen (secondary N) is 1. The van der Waals surface area contributed by atoms with Gasteiger partial charge in [-0.15, -0.1) is 0 Å². The highest BCUT2D eigenvalue weighted by atomic mass is 32.2. The summed E-state index contributed by atoms with van der Waals surface area (Å²) in [5.41, 5.74) is 1.24. The zero-order valence-corrected chi connectivity index (χ0v) is 13.6. The third-order valence-corrected chi connectivity index (χ3v) is 4.85. The van der Waals surface area contributed by atoms with E-state index in [4.69, 9.17) is 4.74 Å². The maximum atomic E-state index is 5.29. The van der Waals surface area contributed by atoms with Gasteiger partial charge in [0.05, 0.1) is 7.11 Å². The smallest absolute Gasteiger partial charge is 0.170 e. The molecule has 1 unspecified atom stereocenters. The molecule has 108 valence electrons. The van der Waals surface area contributed by atoms with Crippen molar-refractivity contribution in [1.82, 2.24) is 14.7 Å². The SMILES string of the molecule is CCNC(CSc1nc(C)ns1)c1cccc(OC)c1. The fraction of sp³-hybridized carbons (Fsp3) is 0.429. The molecule has 2 rings (SSSR count). The number of aromatic nitrogens is 2. The van der Waals surface area contributed by atoms with E-state index in [0.29, 0.717) is 0 Å². The van der Waals surface area contributed by atoms with Crippen LogP contribution in [0.4, 0.5) is 0 Å². The molecule has 0 saturated heterocycles. The molecule has 1 N–H and O–H groups in total. The predicted octanol–water partition coefficient (Wildman–Crippen LogP) is 3.30. The van der Waals surface area contributed by atoms with Crippen molar-refractivity contribution in [2.45, 2.75) is 24.2 Å². The minimum Gasteiger partial charge on any atom is -0.497 e. The summed E-state index contributed by atoms with van der Waals surface area (Å²) in [6, 6.07) is 8.48. The first-order valence-corrected chi connectivity index (χ1v) is 8.29. The molecule has 0 spiro atoms. The van der Waals surface area contributed by atoms with Gasteiger partial charge < -0.3 is 10.1 Å². The first-order chi connectivity index (χ1) is 9.72. The molecule has 1 atom stereocenters. The van der Waals surface area contributed by atoms with E-state index in [1.165, 1.54) is 17.1 Å². The van der Waals surface area contributed by atoms with Crippen molar-refractivity contribution in [3.05, 3.63) is 35.7 Å². The maximum Gasteiger partial charge on any atom is 0.170 e. The van der Waals surface area contributed by atoms with E-state index in [1.54, 1.807) is 18.9 Å². The monoisotopic (exact) mass is 309 g/mol. The van der Waals surface area contributed by atoms with Crippen LogP contribution in [0.5, 0.6) is 5.75 Å². The van der Waals surface area contributed by atoms with Crippen LogP contribution >= 0.6 is 23.3 Å². The van der Waals surface area contributed by atoms with Crippen molar-refractivity contribution in [1.29, 1.82) is 0 Å². The Morgan fingerprint density at radius 2 is 2.30 bits per heavy atom. The van der Waals surface area contributed by atoms with Gasteiger partial charge in [-0.2, -0.15) is 4.37 Å².